The molecular formula is C18H17Cl2N3. The smallest absolute Gasteiger partial charge is 0.102 e. The molecule has 0 aliphatic carbocycles. The van der Waals surface area contributed by atoms with Crippen molar-refractivity contribution in [2.75, 3.05) is 18.8 Å². The number of rotatable bonds is 3. The zero-order valence-electron chi connectivity index (χ0n) is 12.6. The molecule has 0 aromatic heterocycles. The van der Waals surface area contributed by atoms with Gasteiger partial charge in [-0.25, -0.2) is 0 Å². The van der Waals surface area contributed by atoms with Crippen molar-refractivity contribution in [1.82, 2.24) is 4.90 Å². The highest BCUT2D eigenvalue weighted by Gasteiger charge is 2.20. The summed E-state index contributed by atoms with van der Waals surface area (Å²) in [6.45, 7) is 2.80. The van der Waals surface area contributed by atoms with Crippen LogP contribution in [0.2, 0.25) is 10.0 Å². The molecule has 1 saturated heterocycles. The van der Waals surface area contributed by atoms with Crippen molar-refractivity contribution in [3.8, 4) is 17.2 Å². The van der Waals surface area contributed by atoms with Gasteiger partial charge in [0.25, 0.3) is 0 Å². The third-order valence-electron chi connectivity index (χ3n) is 4.25. The van der Waals surface area contributed by atoms with Gasteiger partial charge in [0, 0.05) is 22.7 Å². The number of hydrogen-bond donors (Lipinski definition) is 1. The lowest BCUT2D eigenvalue weighted by molar-refractivity contribution is 0.331. The zero-order valence-corrected chi connectivity index (χ0v) is 14.2. The van der Waals surface area contributed by atoms with E-state index in [0.717, 1.165) is 24.2 Å². The van der Waals surface area contributed by atoms with E-state index < -0.39 is 0 Å². The van der Waals surface area contributed by atoms with E-state index in [1.165, 1.54) is 12.8 Å². The Morgan fingerprint density at radius 3 is 2.48 bits per heavy atom. The molecule has 1 aliphatic heterocycles. The Morgan fingerprint density at radius 1 is 1.13 bits per heavy atom. The first kappa shape index (κ1) is 16.1. The fourth-order valence-electron chi connectivity index (χ4n) is 3.10. The molecule has 23 heavy (non-hydrogen) atoms. The van der Waals surface area contributed by atoms with Crippen LogP contribution in [0.1, 0.15) is 24.0 Å². The first-order valence-electron chi connectivity index (χ1n) is 7.60. The molecular weight excluding hydrogens is 329 g/mol. The number of anilines is 1. The van der Waals surface area contributed by atoms with E-state index in [1.54, 1.807) is 6.07 Å². The molecule has 0 radical (unpaired) electrons. The molecule has 1 fully saturated rings. The van der Waals surface area contributed by atoms with Crippen molar-refractivity contribution in [3.63, 3.8) is 0 Å². The Labute approximate surface area is 146 Å². The molecule has 2 N–H and O–H groups in total. The van der Waals surface area contributed by atoms with Crippen LogP contribution in [0.15, 0.2) is 30.3 Å². The predicted molar refractivity (Wildman–Crippen MR) is 95.5 cm³/mol. The summed E-state index contributed by atoms with van der Waals surface area (Å²) >= 11 is 12.8. The second-order valence-corrected chi connectivity index (χ2v) is 6.57. The Morgan fingerprint density at radius 2 is 1.83 bits per heavy atom. The third kappa shape index (κ3) is 3.16. The highest BCUT2D eigenvalue weighted by molar-refractivity contribution is 6.37. The standard InChI is InChI=1S/C18H17Cl2N3/c19-15-6-2-1-5-13(15)17-16(20)9-12(14(10-21)18(17)22)11-23-7-3-4-8-23/h1-2,5-6,9H,3-4,7-8,11,22H2. The van der Waals surface area contributed by atoms with Gasteiger partial charge in [-0.1, -0.05) is 41.4 Å². The molecule has 0 saturated carbocycles. The van der Waals surface area contributed by atoms with Gasteiger partial charge >= 0.3 is 0 Å². The summed E-state index contributed by atoms with van der Waals surface area (Å²) in [4.78, 5) is 2.32. The maximum atomic E-state index is 9.58. The van der Waals surface area contributed by atoms with Crippen molar-refractivity contribution < 1.29 is 0 Å². The minimum atomic E-state index is 0.405. The normalized spacial score (nSPS) is 14.8. The van der Waals surface area contributed by atoms with E-state index in [-0.39, 0.29) is 0 Å². The van der Waals surface area contributed by atoms with Crippen LogP contribution < -0.4 is 5.73 Å². The summed E-state index contributed by atoms with van der Waals surface area (Å²) in [5.74, 6) is 0. The molecule has 3 rings (SSSR count). The number of nitrogen functional groups attached to an aromatic ring is 1. The first-order valence-corrected chi connectivity index (χ1v) is 8.35. The molecule has 2 aromatic rings. The van der Waals surface area contributed by atoms with Crippen molar-refractivity contribution >= 4 is 28.9 Å². The number of benzene rings is 2. The highest BCUT2D eigenvalue weighted by Crippen LogP contribution is 2.40. The maximum absolute atomic E-state index is 9.58. The summed E-state index contributed by atoms with van der Waals surface area (Å²) in [6.07, 6.45) is 2.39. The van der Waals surface area contributed by atoms with Crippen LogP contribution in [0.25, 0.3) is 11.1 Å². The molecule has 118 valence electrons. The lowest BCUT2D eigenvalue weighted by Crippen LogP contribution is -2.19. The minimum Gasteiger partial charge on any atom is -0.397 e. The molecule has 0 amide bonds. The SMILES string of the molecule is N#Cc1c(CN2CCCC2)cc(Cl)c(-c2ccccc2Cl)c1N. The zero-order chi connectivity index (χ0) is 16.4. The fourth-order valence-corrected chi connectivity index (χ4v) is 3.67. The first-order chi connectivity index (χ1) is 11.1. The topological polar surface area (TPSA) is 53.0 Å². The van der Waals surface area contributed by atoms with Crippen molar-refractivity contribution in [3.05, 3.63) is 51.5 Å². The van der Waals surface area contributed by atoms with Crippen molar-refractivity contribution in [1.29, 1.82) is 5.26 Å². The van der Waals surface area contributed by atoms with Crippen LogP contribution >= 0.6 is 23.2 Å². The number of nitrogens with zero attached hydrogens (tertiary/aromatic N) is 2. The van der Waals surface area contributed by atoms with Crippen molar-refractivity contribution in [2.45, 2.75) is 19.4 Å². The van der Waals surface area contributed by atoms with Crippen LogP contribution in [0.3, 0.4) is 0 Å². The second kappa shape index (κ2) is 6.80. The number of nitriles is 1. The van der Waals surface area contributed by atoms with Crippen LogP contribution in [0.4, 0.5) is 5.69 Å². The number of likely N-dealkylation sites (tertiary alicyclic amines) is 1. The van der Waals surface area contributed by atoms with E-state index in [2.05, 4.69) is 11.0 Å². The summed E-state index contributed by atoms with van der Waals surface area (Å²) < 4.78 is 0. The predicted octanol–water partition coefficient (Wildman–Crippen LogP) is 4.71. The molecule has 0 bridgehead atoms. The average Bonchev–Trinajstić information content (AvgIpc) is 3.02. The van der Waals surface area contributed by atoms with Crippen LogP contribution in [-0.2, 0) is 6.54 Å². The van der Waals surface area contributed by atoms with Gasteiger partial charge < -0.3 is 5.73 Å². The summed E-state index contributed by atoms with van der Waals surface area (Å²) in [7, 11) is 0. The molecule has 1 aliphatic rings. The monoisotopic (exact) mass is 345 g/mol. The number of nitrogens with two attached hydrogens (primary N) is 1. The van der Waals surface area contributed by atoms with Gasteiger partial charge in [0.05, 0.1) is 16.3 Å². The molecule has 0 unspecified atom stereocenters. The highest BCUT2D eigenvalue weighted by atomic mass is 35.5. The Hall–Kier alpha value is -1.73. The largest absolute Gasteiger partial charge is 0.397 e. The Kier molecular flexibility index (Phi) is 4.77. The molecule has 0 spiro atoms. The minimum absolute atomic E-state index is 0.405. The van der Waals surface area contributed by atoms with Crippen molar-refractivity contribution in [2.24, 2.45) is 0 Å². The van der Waals surface area contributed by atoms with E-state index >= 15 is 0 Å². The van der Waals surface area contributed by atoms with E-state index in [4.69, 9.17) is 28.9 Å². The maximum Gasteiger partial charge on any atom is 0.102 e. The average molecular weight is 346 g/mol. The lowest BCUT2D eigenvalue weighted by Gasteiger charge is -2.19. The Bertz CT molecular complexity index is 775. The van der Waals surface area contributed by atoms with Gasteiger partial charge in [-0.2, -0.15) is 5.26 Å². The van der Waals surface area contributed by atoms with Gasteiger partial charge in [-0.15, -0.1) is 0 Å². The quantitative estimate of drug-likeness (QED) is 0.819. The second-order valence-electron chi connectivity index (χ2n) is 5.76. The van der Waals surface area contributed by atoms with Crippen LogP contribution in [-0.4, -0.2) is 18.0 Å². The number of halogens is 2. The van der Waals surface area contributed by atoms with Crippen LogP contribution in [0.5, 0.6) is 0 Å². The van der Waals surface area contributed by atoms with Gasteiger partial charge in [-0.3, -0.25) is 4.90 Å². The lowest BCUT2D eigenvalue weighted by atomic mass is 9.96. The molecule has 3 nitrogen and oxygen atoms in total. The van der Waals surface area contributed by atoms with Gasteiger partial charge in [0.15, 0.2) is 0 Å². The molecule has 5 heteroatoms. The van der Waals surface area contributed by atoms with E-state index in [9.17, 15) is 5.26 Å². The Balaban J connectivity index is 2.10. The van der Waals surface area contributed by atoms with Gasteiger partial charge in [-0.05, 0) is 43.6 Å². The van der Waals surface area contributed by atoms with Crippen LogP contribution in [0, 0.1) is 11.3 Å². The summed E-state index contributed by atoms with van der Waals surface area (Å²) in [5, 5.41) is 10.7. The third-order valence-corrected chi connectivity index (χ3v) is 4.87. The molecule has 1 heterocycles. The van der Waals surface area contributed by atoms with Gasteiger partial charge in [0.2, 0.25) is 0 Å². The fraction of sp³-hybridized carbons (Fsp3) is 0.278. The summed E-state index contributed by atoms with van der Waals surface area (Å²) in [5.41, 5.74) is 9.46. The number of hydrogen-bond acceptors (Lipinski definition) is 3. The molecule has 0 atom stereocenters. The molecule has 2 aromatic carbocycles. The van der Waals surface area contributed by atoms with Gasteiger partial charge in [0.1, 0.15) is 6.07 Å². The summed E-state index contributed by atoms with van der Waals surface area (Å²) in [6, 6.07) is 11.5. The van der Waals surface area contributed by atoms with E-state index in [0.29, 0.717) is 33.4 Å². The van der Waals surface area contributed by atoms with E-state index in [1.807, 2.05) is 24.3 Å².